The summed E-state index contributed by atoms with van der Waals surface area (Å²) < 4.78 is 29.2. The van der Waals surface area contributed by atoms with Crippen molar-refractivity contribution in [2.24, 2.45) is 0 Å². The summed E-state index contributed by atoms with van der Waals surface area (Å²) in [6.45, 7) is 3.39. The van der Waals surface area contributed by atoms with Crippen LogP contribution < -0.4 is 4.72 Å². The van der Waals surface area contributed by atoms with E-state index >= 15 is 0 Å². The molecule has 1 aromatic rings. The number of benzene rings is 1. The monoisotopic (exact) mass is 294 g/mol. The SMILES string of the molecule is Cc1ccc(CC2(NS(=O)(=O)N3CCCC3)CC2)cc1. The van der Waals surface area contributed by atoms with Crippen LogP contribution in [0.5, 0.6) is 0 Å². The minimum Gasteiger partial charge on any atom is -0.196 e. The third-order valence-electron chi connectivity index (χ3n) is 4.27. The third-order valence-corrected chi connectivity index (χ3v) is 6.00. The molecule has 0 atom stereocenters. The van der Waals surface area contributed by atoms with Crippen molar-refractivity contribution in [3.8, 4) is 0 Å². The first-order valence-electron chi connectivity index (χ1n) is 7.34. The largest absolute Gasteiger partial charge is 0.279 e. The van der Waals surface area contributed by atoms with Crippen LogP contribution in [0.25, 0.3) is 0 Å². The van der Waals surface area contributed by atoms with Crippen LogP contribution in [0.3, 0.4) is 0 Å². The zero-order chi connectivity index (χ0) is 14.2. The highest BCUT2D eigenvalue weighted by Crippen LogP contribution is 2.39. The van der Waals surface area contributed by atoms with Crippen LogP contribution in [-0.2, 0) is 16.6 Å². The van der Waals surface area contributed by atoms with Crippen molar-refractivity contribution >= 4 is 10.2 Å². The highest BCUT2D eigenvalue weighted by atomic mass is 32.2. The van der Waals surface area contributed by atoms with E-state index in [4.69, 9.17) is 0 Å². The number of aryl methyl sites for hydroxylation is 1. The Labute approximate surface area is 121 Å². The molecule has 110 valence electrons. The van der Waals surface area contributed by atoms with E-state index in [1.807, 2.05) is 0 Å². The molecule has 1 saturated heterocycles. The molecule has 5 heteroatoms. The fraction of sp³-hybridized carbons (Fsp3) is 0.600. The highest BCUT2D eigenvalue weighted by molar-refractivity contribution is 7.87. The second-order valence-corrected chi connectivity index (χ2v) is 7.83. The van der Waals surface area contributed by atoms with Gasteiger partial charge in [0, 0.05) is 18.6 Å². The van der Waals surface area contributed by atoms with E-state index in [2.05, 4.69) is 35.9 Å². The standard InChI is InChI=1S/C15H22N2O2S/c1-13-4-6-14(7-5-13)12-15(8-9-15)16-20(18,19)17-10-2-3-11-17/h4-7,16H,2-3,8-12H2,1H3. The molecular formula is C15H22N2O2S. The van der Waals surface area contributed by atoms with Crippen LogP contribution in [-0.4, -0.2) is 31.4 Å². The molecule has 20 heavy (non-hydrogen) atoms. The summed E-state index contributed by atoms with van der Waals surface area (Å²) in [6.07, 6.45) is 4.62. The van der Waals surface area contributed by atoms with Crippen LogP contribution in [0, 0.1) is 6.92 Å². The van der Waals surface area contributed by atoms with E-state index in [-0.39, 0.29) is 5.54 Å². The van der Waals surface area contributed by atoms with Gasteiger partial charge in [0.25, 0.3) is 10.2 Å². The lowest BCUT2D eigenvalue weighted by atomic mass is 10.0. The summed E-state index contributed by atoms with van der Waals surface area (Å²) >= 11 is 0. The number of nitrogens with one attached hydrogen (secondary N) is 1. The van der Waals surface area contributed by atoms with E-state index in [9.17, 15) is 8.42 Å². The van der Waals surface area contributed by atoms with E-state index in [1.54, 1.807) is 4.31 Å². The summed E-state index contributed by atoms with van der Waals surface area (Å²) in [6, 6.07) is 8.36. The second-order valence-electron chi connectivity index (χ2n) is 6.16. The van der Waals surface area contributed by atoms with Gasteiger partial charge in [0.2, 0.25) is 0 Å². The maximum absolute atomic E-state index is 12.3. The van der Waals surface area contributed by atoms with E-state index in [0.717, 1.165) is 32.1 Å². The minimum absolute atomic E-state index is 0.239. The van der Waals surface area contributed by atoms with Crippen LogP contribution >= 0.6 is 0 Å². The predicted molar refractivity (Wildman–Crippen MR) is 79.7 cm³/mol. The first-order valence-corrected chi connectivity index (χ1v) is 8.78. The summed E-state index contributed by atoms with van der Waals surface area (Å²) in [5, 5.41) is 0. The predicted octanol–water partition coefficient (Wildman–Crippen LogP) is 2.00. The van der Waals surface area contributed by atoms with E-state index < -0.39 is 10.2 Å². The minimum atomic E-state index is -3.30. The lowest BCUT2D eigenvalue weighted by molar-refractivity contribution is 0.446. The van der Waals surface area contributed by atoms with Crippen molar-refractivity contribution in [3.63, 3.8) is 0 Å². The molecule has 1 saturated carbocycles. The Morgan fingerprint density at radius 1 is 1.15 bits per heavy atom. The van der Waals surface area contributed by atoms with Gasteiger partial charge in [0.1, 0.15) is 0 Å². The molecule has 0 amide bonds. The molecule has 0 radical (unpaired) electrons. The Hall–Kier alpha value is -0.910. The summed E-state index contributed by atoms with van der Waals surface area (Å²) in [5.41, 5.74) is 2.20. The van der Waals surface area contributed by atoms with Gasteiger partial charge in [-0.25, -0.2) is 0 Å². The van der Waals surface area contributed by atoms with Crippen LogP contribution in [0.15, 0.2) is 24.3 Å². The van der Waals surface area contributed by atoms with Gasteiger partial charge in [-0.05, 0) is 44.6 Å². The average molecular weight is 294 g/mol. The Morgan fingerprint density at radius 2 is 1.75 bits per heavy atom. The van der Waals surface area contributed by atoms with Gasteiger partial charge in [-0.1, -0.05) is 29.8 Å². The molecule has 1 heterocycles. The van der Waals surface area contributed by atoms with Gasteiger partial charge in [-0.2, -0.15) is 17.4 Å². The summed E-state index contributed by atoms with van der Waals surface area (Å²) in [7, 11) is -3.30. The number of nitrogens with zero attached hydrogens (tertiary/aromatic N) is 1. The molecule has 1 aliphatic carbocycles. The van der Waals surface area contributed by atoms with Crippen molar-refractivity contribution in [2.75, 3.05) is 13.1 Å². The number of hydrogen-bond donors (Lipinski definition) is 1. The molecule has 0 spiro atoms. The quantitative estimate of drug-likeness (QED) is 0.903. The van der Waals surface area contributed by atoms with Gasteiger partial charge in [0.15, 0.2) is 0 Å². The van der Waals surface area contributed by atoms with Gasteiger partial charge in [0.05, 0.1) is 0 Å². The lowest BCUT2D eigenvalue weighted by Gasteiger charge is -2.22. The molecule has 1 aromatic carbocycles. The molecule has 4 nitrogen and oxygen atoms in total. The topological polar surface area (TPSA) is 49.4 Å². The van der Waals surface area contributed by atoms with E-state index in [0.29, 0.717) is 13.1 Å². The van der Waals surface area contributed by atoms with Gasteiger partial charge >= 0.3 is 0 Å². The van der Waals surface area contributed by atoms with Crippen molar-refractivity contribution < 1.29 is 8.42 Å². The molecule has 2 fully saturated rings. The lowest BCUT2D eigenvalue weighted by Crippen LogP contribution is -2.46. The van der Waals surface area contributed by atoms with Crippen LogP contribution in [0.4, 0.5) is 0 Å². The Balaban J connectivity index is 1.68. The molecule has 0 unspecified atom stereocenters. The maximum atomic E-state index is 12.3. The highest BCUT2D eigenvalue weighted by Gasteiger charge is 2.47. The molecule has 2 aliphatic rings. The fourth-order valence-electron chi connectivity index (χ4n) is 2.83. The zero-order valence-corrected chi connectivity index (χ0v) is 12.7. The summed E-state index contributed by atoms with van der Waals surface area (Å²) in [5.74, 6) is 0. The smallest absolute Gasteiger partial charge is 0.196 e. The van der Waals surface area contributed by atoms with E-state index in [1.165, 1.54) is 11.1 Å². The number of hydrogen-bond acceptors (Lipinski definition) is 2. The van der Waals surface area contributed by atoms with Crippen molar-refractivity contribution in [1.82, 2.24) is 9.03 Å². The molecule has 0 aromatic heterocycles. The maximum Gasteiger partial charge on any atom is 0.279 e. The van der Waals surface area contributed by atoms with Gasteiger partial charge < -0.3 is 0 Å². The molecule has 0 bridgehead atoms. The molecule has 1 aliphatic heterocycles. The molecule has 1 N–H and O–H groups in total. The number of rotatable bonds is 5. The van der Waals surface area contributed by atoms with Crippen molar-refractivity contribution in [2.45, 2.75) is 44.6 Å². The van der Waals surface area contributed by atoms with Crippen molar-refractivity contribution in [1.29, 1.82) is 0 Å². The first kappa shape index (κ1) is 14.0. The van der Waals surface area contributed by atoms with Crippen LogP contribution in [0.1, 0.15) is 36.8 Å². The van der Waals surface area contributed by atoms with Gasteiger partial charge in [-0.15, -0.1) is 0 Å². The Kier molecular flexibility index (Phi) is 3.60. The Bertz CT molecular complexity index is 570. The Morgan fingerprint density at radius 3 is 2.30 bits per heavy atom. The fourth-order valence-corrected chi connectivity index (χ4v) is 4.52. The normalized spacial score (nSPS) is 22.1. The zero-order valence-electron chi connectivity index (χ0n) is 11.9. The van der Waals surface area contributed by atoms with Crippen LogP contribution in [0.2, 0.25) is 0 Å². The third kappa shape index (κ3) is 3.05. The molecule has 3 rings (SSSR count). The van der Waals surface area contributed by atoms with Gasteiger partial charge in [-0.3, -0.25) is 0 Å². The molecular weight excluding hydrogens is 272 g/mol. The second kappa shape index (κ2) is 5.13. The van der Waals surface area contributed by atoms with Crippen molar-refractivity contribution in [3.05, 3.63) is 35.4 Å². The first-order chi connectivity index (χ1) is 9.49. The summed E-state index contributed by atoms with van der Waals surface area (Å²) in [4.78, 5) is 0. The average Bonchev–Trinajstić information content (AvgIpc) is 2.94.